The fraction of sp³-hybridized carbons (Fsp3) is 0.857. The molecule has 0 radical (unpaired) electrons. The summed E-state index contributed by atoms with van der Waals surface area (Å²) in [4.78, 5) is 25.3. The molecule has 5 heteroatoms. The fourth-order valence-corrected chi connectivity index (χ4v) is 3.21. The highest BCUT2D eigenvalue weighted by atomic mass is 16.4. The van der Waals surface area contributed by atoms with Crippen molar-refractivity contribution in [1.29, 1.82) is 0 Å². The number of hydrogen-bond donors (Lipinski definition) is 2. The molecule has 2 amide bonds. The van der Waals surface area contributed by atoms with Crippen LogP contribution in [0, 0.1) is 11.8 Å². The first kappa shape index (κ1) is 14.2. The molecule has 19 heavy (non-hydrogen) atoms. The molecule has 108 valence electrons. The highest BCUT2D eigenvalue weighted by molar-refractivity contribution is 5.85. The lowest BCUT2D eigenvalue weighted by Crippen LogP contribution is -2.58. The zero-order valence-corrected chi connectivity index (χ0v) is 11.8. The number of piperidine rings is 1. The molecule has 2 aliphatic rings. The second-order valence-corrected chi connectivity index (χ2v) is 6.22. The Bertz CT molecular complexity index is 360. The lowest BCUT2D eigenvalue weighted by atomic mass is 9.78. The molecule has 0 aromatic heterocycles. The Labute approximate surface area is 114 Å². The summed E-state index contributed by atoms with van der Waals surface area (Å²) in [6.45, 7) is 4.90. The predicted octanol–water partition coefficient (Wildman–Crippen LogP) is 2.07. The smallest absolute Gasteiger partial charge is 0.329 e. The highest BCUT2D eigenvalue weighted by Crippen LogP contribution is 2.34. The van der Waals surface area contributed by atoms with E-state index in [0.29, 0.717) is 18.3 Å². The van der Waals surface area contributed by atoms with Gasteiger partial charge in [0.25, 0.3) is 0 Å². The number of hydrogen-bond acceptors (Lipinski definition) is 2. The number of carbonyl (C=O) groups excluding carboxylic acids is 1. The molecule has 1 saturated heterocycles. The quantitative estimate of drug-likeness (QED) is 0.823. The minimum atomic E-state index is -1.16. The summed E-state index contributed by atoms with van der Waals surface area (Å²) in [5.41, 5.74) is -1.16. The van der Waals surface area contributed by atoms with Crippen LogP contribution in [0.15, 0.2) is 0 Å². The molecule has 2 fully saturated rings. The number of likely N-dealkylation sites (tertiary alicyclic amines) is 1. The van der Waals surface area contributed by atoms with Crippen molar-refractivity contribution in [2.45, 2.75) is 51.5 Å². The summed E-state index contributed by atoms with van der Waals surface area (Å²) in [5.74, 6) is 0.243. The highest BCUT2D eigenvalue weighted by Gasteiger charge is 2.37. The van der Waals surface area contributed by atoms with Crippen molar-refractivity contribution in [3.05, 3.63) is 0 Å². The normalized spacial score (nSPS) is 29.5. The number of rotatable bonds is 3. The molecular weight excluding hydrogens is 244 g/mol. The topological polar surface area (TPSA) is 69.6 Å². The van der Waals surface area contributed by atoms with E-state index in [4.69, 9.17) is 0 Å². The lowest BCUT2D eigenvalue weighted by molar-refractivity contribution is -0.143. The van der Waals surface area contributed by atoms with Crippen molar-refractivity contribution in [1.82, 2.24) is 10.2 Å². The van der Waals surface area contributed by atoms with Crippen LogP contribution in [-0.2, 0) is 4.79 Å². The molecule has 2 rings (SSSR count). The number of nitrogens with zero attached hydrogens (tertiary/aromatic N) is 1. The Hall–Kier alpha value is -1.26. The number of nitrogens with one attached hydrogen (secondary N) is 1. The number of carbonyl (C=O) groups is 2. The molecule has 2 N–H and O–H groups in total. The van der Waals surface area contributed by atoms with E-state index in [1.165, 1.54) is 25.7 Å². The van der Waals surface area contributed by atoms with E-state index in [-0.39, 0.29) is 6.03 Å². The van der Waals surface area contributed by atoms with E-state index < -0.39 is 11.5 Å². The van der Waals surface area contributed by atoms with Gasteiger partial charge in [0.05, 0.1) is 0 Å². The van der Waals surface area contributed by atoms with E-state index >= 15 is 0 Å². The molecular formula is C14H24N2O3. The van der Waals surface area contributed by atoms with Gasteiger partial charge in [-0.15, -0.1) is 0 Å². The van der Waals surface area contributed by atoms with Crippen LogP contribution in [0.5, 0.6) is 0 Å². The van der Waals surface area contributed by atoms with Crippen LogP contribution in [0.4, 0.5) is 4.79 Å². The molecule has 3 atom stereocenters. The molecule has 1 heterocycles. The number of amides is 2. The second kappa shape index (κ2) is 5.39. The molecule has 0 aromatic carbocycles. The van der Waals surface area contributed by atoms with Gasteiger partial charge in [0, 0.05) is 13.1 Å². The van der Waals surface area contributed by atoms with Gasteiger partial charge >= 0.3 is 12.0 Å². The summed E-state index contributed by atoms with van der Waals surface area (Å²) in [7, 11) is 0. The minimum absolute atomic E-state index is 0.219. The number of carboxylic acid groups (broad SMARTS) is 1. The van der Waals surface area contributed by atoms with Crippen LogP contribution < -0.4 is 5.32 Å². The number of aliphatic carboxylic acids is 1. The van der Waals surface area contributed by atoms with E-state index in [1.54, 1.807) is 13.8 Å². The van der Waals surface area contributed by atoms with Gasteiger partial charge in [-0.1, -0.05) is 13.3 Å². The van der Waals surface area contributed by atoms with E-state index in [2.05, 4.69) is 5.32 Å². The Kier molecular flexibility index (Phi) is 4.02. The van der Waals surface area contributed by atoms with E-state index in [9.17, 15) is 14.7 Å². The maximum absolute atomic E-state index is 12.3. The SMILES string of the molecule is CCC(C)(NC(=O)N1CC2CCCC(C2)C1)C(=O)O. The van der Waals surface area contributed by atoms with Gasteiger partial charge in [0.15, 0.2) is 0 Å². The average Bonchev–Trinajstić information content (AvgIpc) is 2.37. The Morgan fingerprint density at radius 3 is 2.37 bits per heavy atom. The van der Waals surface area contributed by atoms with Crippen molar-refractivity contribution >= 4 is 12.0 Å². The van der Waals surface area contributed by atoms with Crippen LogP contribution in [0.25, 0.3) is 0 Å². The van der Waals surface area contributed by atoms with Gasteiger partial charge in [0.1, 0.15) is 5.54 Å². The first-order valence-electron chi connectivity index (χ1n) is 7.25. The Morgan fingerprint density at radius 1 is 1.32 bits per heavy atom. The van der Waals surface area contributed by atoms with Crippen LogP contribution in [0.3, 0.4) is 0 Å². The standard InChI is InChI=1S/C14H24N2O3/c1-3-14(2,12(17)18)15-13(19)16-8-10-5-4-6-11(7-10)9-16/h10-11H,3-9H2,1-2H3,(H,15,19)(H,17,18). The van der Waals surface area contributed by atoms with Crippen molar-refractivity contribution in [3.8, 4) is 0 Å². The summed E-state index contributed by atoms with van der Waals surface area (Å²) in [5, 5.41) is 11.9. The molecule has 1 saturated carbocycles. The van der Waals surface area contributed by atoms with Crippen LogP contribution in [0.2, 0.25) is 0 Å². The van der Waals surface area contributed by atoms with Gasteiger partial charge in [0.2, 0.25) is 0 Å². The molecule has 5 nitrogen and oxygen atoms in total. The maximum Gasteiger partial charge on any atom is 0.329 e. The van der Waals surface area contributed by atoms with Crippen molar-refractivity contribution in [2.75, 3.05) is 13.1 Å². The van der Waals surface area contributed by atoms with E-state index in [0.717, 1.165) is 13.1 Å². The predicted molar refractivity (Wildman–Crippen MR) is 71.9 cm³/mol. The zero-order chi connectivity index (χ0) is 14.0. The van der Waals surface area contributed by atoms with Crippen LogP contribution in [-0.4, -0.2) is 40.6 Å². The van der Waals surface area contributed by atoms with Crippen LogP contribution >= 0.6 is 0 Å². The minimum Gasteiger partial charge on any atom is -0.480 e. The zero-order valence-electron chi connectivity index (χ0n) is 11.8. The van der Waals surface area contributed by atoms with E-state index in [1.807, 2.05) is 4.90 Å². The third-order valence-corrected chi connectivity index (χ3v) is 4.70. The second-order valence-electron chi connectivity index (χ2n) is 6.22. The summed E-state index contributed by atoms with van der Waals surface area (Å²) >= 11 is 0. The summed E-state index contributed by atoms with van der Waals surface area (Å²) < 4.78 is 0. The molecule has 1 aliphatic heterocycles. The van der Waals surface area contributed by atoms with Gasteiger partial charge in [-0.2, -0.15) is 0 Å². The van der Waals surface area contributed by atoms with Gasteiger partial charge in [-0.05, 0) is 44.4 Å². The molecule has 2 bridgehead atoms. The van der Waals surface area contributed by atoms with Gasteiger partial charge in [-0.3, -0.25) is 0 Å². The van der Waals surface area contributed by atoms with Crippen LogP contribution in [0.1, 0.15) is 46.0 Å². The van der Waals surface area contributed by atoms with Crippen molar-refractivity contribution in [3.63, 3.8) is 0 Å². The fourth-order valence-electron chi connectivity index (χ4n) is 3.21. The summed E-state index contributed by atoms with van der Waals surface area (Å²) in [6, 6.07) is -0.219. The molecule has 1 aliphatic carbocycles. The largest absolute Gasteiger partial charge is 0.480 e. The third kappa shape index (κ3) is 3.01. The monoisotopic (exact) mass is 268 g/mol. The van der Waals surface area contributed by atoms with Crippen molar-refractivity contribution in [2.24, 2.45) is 11.8 Å². The first-order valence-corrected chi connectivity index (χ1v) is 7.25. The number of carboxylic acids is 1. The molecule has 3 unspecified atom stereocenters. The van der Waals surface area contributed by atoms with Gasteiger partial charge in [-0.25, -0.2) is 9.59 Å². The number of fused-ring (bicyclic) bond motifs is 2. The summed E-state index contributed by atoms with van der Waals surface area (Å²) in [6.07, 6.45) is 5.28. The molecule has 0 spiro atoms. The van der Waals surface area contributed by atoms with Crippen molar-refractivity contribution < 1.29 is 14.7 Å². The van der Waals surface area contributed by atoms with Gasteiger partial charge < -0.3 is 15.3 Å². The Balaban J connectivity index is 1.98. The first-order chi connectivity index (χ1) is 8.94. The average molecular weight is 268 g/mol. The molecule has 0 aromatic rings. The maximum atomic E-state index is 12.3. The Morgan fingerprint density at radius 2 is 1.89 bits per heavy atom. The number of urea groups is 1. The lowest BCUT2D eigenvalue weighted by Gasteiger charge is -2.42. The third-order valence-electron chi connectivity index (χ3n) is 4.70.